The summed E-state index contributed by atoms with van der Waals surface area (Å²) in [5.74, 6) is -4.78. The Hall–Kier alpha value is -2.79. The SMILES string of the molecule is O=C(O)Oc1cn(C2CC2)c2c(F)c(N3C[C@@H]4OCCN[C@@H]4C3)c(F)c(F)c2c1=O. The van der Waals surface area contributed by atoms with Crippen LogP contribution >= 0.6 is 0 Å². The lowest BCUT2D eigenvalue weighted by Gasteiger charge is -2.25. The first-order chi connectivity index (χ1) is 14.4. The highest BCUT2D eigenvalue weighted by atomic mass is 19.2. The summed E-state index contributed by atoms with van der Waals surface area (Å²) in [5.41, 5.74) is -2.16. The molecule has 0 radical (unpaired) electrons. The number of aromatic nitrogens is 1. The molecule has 0 bridgehead atoms. The number of carboxylic acid groups (broad SMARTS) is 1. The molecule has 11 heteroatoms. The fourth-order valence-corrected chi connectivity index (χ4v) is 4.32. The summed E-state index contributed by atoms with van der Waals surface area (Å²) in [6, 6.07) is -0.407. The highest BCUT2D eigenvalue weighted by molar-refractivity contribution is 5.86. The predicted molar refractivity (Wildman–Crippen MR) is 98.7 cm³/mol. The first-order valence-electron chi connectivity index (χ1n) is 9.62. The van der Waals surface area contributed by atoms with Crippen molar-refractivity contribution in [1.29, 1.82) is 0 Å². The molecule has 2 aromatic rings. The van der Waals surface area contributed by atoms with Crippen molar-refractivity contribution in [2.75, 3.05) is 31.1 Å². The van der Waals surface area contributed by atoms with Gasteiger partial charge in [-0.2, -0.15) is 0 Å². The predicted octanol–water partition coefficient (Wildman–Crippen LogP) is 1.99. The molecule has 5 rings (SSSR count). The zero-order valence-electron chi connectivity index (χ0n) is 15.7. The number of morpholine rings is 1. The molecule has 1 aromatic heterocycles. The molecule has 2 atom stereocenters. The molecule has 3 aliphatic rings. The summed E-state index contributed by atoms with van der Waals surface area (Å²) < 4.78 is 57.1. The van der Waals surface area contributed by atoms with Crippen LogP contribution in [0, 0.1) is 17.5 Å². The second-order valence-electron chi connectivity index (χ2n) is 7.72. The lowest BCUT2D eigenvalue weighted by Crippen LogP contribution is -2.47. The van der Waals surface area contributed by atoms with Gasteiger partial charge in [0.25, 0.3) is 0 Å². The molecular weight excluding hydrogens is 407 g/mol. The number of rotatable bonds is 3. The topological polar surface area (TPSA) is 93.0 Å². The normalized spacial score (nSPS) is 23.6. The van der Waals surface area contributed by atoms with Crippen LogP contribution < -0.4 is 20.4 Å². The van der Waals surface area contributed by atoms with Crippen LogP contribution in [0.25, 0.3) is 10.9 Å². The van der Waals surface area contributed by atoms with Crippen LogP contribution in [0.2, 0.25) is 0 Å². The zero-order chi connectivity index (χ0) is 21.2. The quantitative estimate of drug-likeness (QED) is 0.574. The van der Waals surface area contributed by atoms with E-state index < -0.39 is 51.4 Å². The summed E-state index contributed by atoms with van der Waals surface area (Å²) in [4.78, 5) is 24.9. The largest absolute Gasteiger partial charge is 0.511 e. The molecule has 1 aromatic carbocycles. The number of benzene rings is 1. The van der Waals surface area contributed by atoms with Crippen molar-refractivity contribution in [3.63, 3.8) is 0 Å². The molecule has 3 fully saturated rings. The summed E-state index contributed by atoms with van der Waals surface area (Å²) in [5, 5.41) is 11.2. The number of halogens is 3. The van der Waals surface area contributed by atoms with E-state index in [4.69, 9.17) is 9.84 Å². The monoisotopic (exact) mass is 425 g/mol. The van der Waals surface area contributed by atoms with Gasteiger partial charge in [-0.1, -0.05) is 0 Å². The molecular formula is C19H18F3N3O5. The van der Waals surface area contributed by atoms with Gasteiger partial charge in [0.05, 0.1) is 35.9 Å². The van der Waals surface area contributed by atoms with Gasteiger partial charge in [-0.25, -0.2) is 18.0 Å². The van der Waals surface area contributed by atoms with E-state index in [1.165, 1.54) is 9.47 Å². The minimum Gasteiger partial charge on any atom is -0.449 e. The highest BCUT2D eigenvalue weighted by Gasteiger charge is 2.40. The summed E-state index contributed by atoms with van der Waals surface area (Å²) in [6.45, 7) is 1.47. The Morgan fingerprint density at radius 3 is 2.63 bits per heavy atom. The smallest absolute Gasteiger partial charge is 0.449 e. The summed E-state index contributed by atoms with van der Waals surface area (Å²) in [7, 11) is 0. The van der Waals surface area contributed by atoms with Gasteiger partial charge in [0, 0.05) is 25.7 Å². The van der Waals surface area contributed by atoms with Gasteiger partial charge in [0.15, 0.2) is 23.2 Å². The van der Waals surface area contributed by atoms with Gasteiger partial charge in [-0.15, -0.1) is 0 Å². The molecule has 2 saturated heterocycles. The van der Waals surface area contributed by atoms with Gasteiger partial charge >= 0.3 is 6.16 Å². The van der Waals surface area contributed by atoms with E-state index in [0.717, 1.165) is 6.20 Å². The lowest BCUT2D eigenvalue weighted by atomic mass is 10.1. The average molecular weight is 425 g/mol. The molecule has 3 heterocycles. The van der Waals surface area contributed by atoms with Crippen molar-refractivity contribution in [2.45, 2.75) is 31.0 Å². The first kappa shape index (κ1) is 19.2. The van der Waals surface area contributed by atoms with Crippen LogP contribution in [0.15, 0.2) is 11.0 Å². The van der Waals surface area contributed by atoms with Crippen molar-refractivity contribution < 1.29 is 32.5 Å². The molecule has 8 nitrogen and oxygen atoms in total. The minimum absolute atomic E-state index is 0.145. The lowest BCUT2D eigenvalue weighted by molar-refractivity contribution is 0.0212. The summed E-state index contributed by atoms with van der Waals surface area (Å²) in [6.07, 6.45) is 0.246. The van der Waals surface area contributed by atoms with E-state index >= 15 is 13.2 Å². The maximum absolute atomic E-state index is 15.6. The van der Waals surface area contributed by atoms with Crippen LogP contribution in [0.1, 0.15) is 18.9 Å². The number of hydrogen-bond acceptors (Lipinski definition) is 6. The Bertz CT molecular complexity index is 1100. The van der Waals surface area contributed by atoms with E-state index in [1.807, 2.05) is 0 Å². The van der Waals surface area contributed by atoms with Gasteiger partial charge in [0.2, 0.25) is 5.43 Å². The van der Waals surface area contributed by atoms with Gasteiger partial charge in [0.1, 0.15) is 5.69 Å². The minimum atomic E-state index is -1.78. The van der Waals surface area contributed by atoms with Gasteiger partial charge < -0.3 is 29.4 Å². The molecule has 0 amide bonds. The number of anilines is 1. The van der Waals surface area contributed by atoms with Gasteiger partial charge in [-0.3, -0.25) is 4.79 Å². The van der Waals surface area contributed by atoms with E-state index in [0.29, 0.717) is 26.0 Å². The number of pyridine rings is 1. The Labute approximate surface area is 167 Å². The van der Waals surface area contributed by atoms with Crippen molar-refractivity contribution in [3.05, 3.63) is 33.9 Å². The molecule has 160 valence electrons. The standard InChI is InChI=1S/C19H18F3N3O5/c20-13-12-16(25(8-1-2-8)7-11(18(12)26)30-19(27)28)15(22)17(14(13)21)24-5-9-10(6-24)29-4-3-23-9/h7-10,23H,1-6H2,(H,27,28)/t9-,10+/m1/s1. The zero-order valence-corrected chi connectivity index (χ0v) is 15.7. The third-order valence-electron chi connectivity index (χ3n) is 5.80. The molecule has 2 aliphatic heterocycles. The highest BCUT2D eigenvalue weighted by Crippen LogP contribution is 2.41. The van der Waals surface area contributed by atoms with Crippen molar-refractivity contribution >= 4 is 22.7 Å². The van der Waals surface area contributed by atoms with E-state index in [1.54, 1.807) is 0 Å². The Kier molecular flexibility index (Phi) is 4.40. The third-order valence-corrected chi connectivity index (χ3v) is 5.80. The van der Waals surface area contributed by atoms with Crippen LogP contribution in [-0.4, -0.2) is 54.2 Å². The summed E-state index contributed by atoms with van der Waals surface area (Å²) >= 11 is 0. The van der Waals surface area contributed by atoms with E-state index in [2.05, 4.69) is 10.1 Å². The molecule has 1 aliphatic carbocycles. The fraction of sp³-hybridized carbons (Fsp3) is 0.474. The number of carbonyl (C=O) groups is 1. The Morgan fingerprint density at radius 2 is 1.97 bits per heavy atom. The second-order valence-corrected chi connectivity index (χ2v) is 7.72. The van der Waals surface area contributed by atoms with Crippen molar-refractivity contribution in [3.8, 4) is 5.75 Å². The molecule has 2 N–H and O–H groups in total. The number of hydrogen-bond donors (Lipinski definition) is 2. The van der Waals surface area contributed by atoms with Crippen LogP contribution in [0.3, 0.4) is 0 Å². The van der Waals surface area contributed by atoms with Crippen LogP contribution in [0.5, 0.6) is 5.75 Å². The molecule has 1 saturated carbocycles. The first-order valence-corrected chi connectivity index (χ1v) is 9.62. The van der Waals surface area contributed by atoms with Crippen molar-refractivity contribution in [2.24, 2.45) is 0 Å². The van der Waals surface area contributed by atoms with Crippen LogP contribution in [0.4, 0.5) is 23.7 Å². The Morgan fingerprint density at radius 1 is 1.20 bits per heavy atom. The second kappa shape index (κ2) is 6.88. The molecule has 0 spiro atoms. The molecule has 0 unspecified atom stereocenters. The van der Waals surface area contributed by atoms with Crippen molar-refractivity contribution in [1.82, 2.24) is 9.88 Å². The third kappa shape index (κ3) is 2.91. The maximum Gasteiger partial charge on any atom is 0.511 e. The van der Waals surface area contributed by atoms with E-state index in [9.17, 15) is 9.59 Å². The van der Waals surface area contributed by atoms with E-state index in [-0.39, 0.29) is 31.3 Å². The number of ether oxygens (including phenoxy) is 2. The molecule has 30 heavy (non-hydrogen) atoms. The Balaban J connectivity index is 1.72. The number of nitrogens with one attached hydrogen (secondary N) is 1. The van der Waals surface area contributed by atoms with Crippen LogP contribution in [-0.2, 0) is 4.74 Å². The van der Waals surface area contributed by atoms with Gasteiger partial charge in [-0.05, 0) is 12.8 Å². The number of fused-ring (bicyclic) bond motifs is 2. The maximum atomic E-state index is 15.6. The number of nitrogens with zero attached hydrogens (tertiary/aromatic N) is 2. The average Bonchev–Trinajstić information content (AvgIpc) is 3.46. The fourth-order valence-electron chi connectivity index (χ4n) is 4.32.